The molecule has 0 unspecified atom stereocenters. The Bertz CT molecular complexity index is 454. The summed E-state index contributed by atoms with van der Waals surface area (Å²) in [6.07, 6.45) is 1.95. The molecule has 0 aliphatic heterocycles. The van der Waals surface area contributed by atoms with Crippen molar-refractivity contribution in [2.24, 2.45) is 0 Å². The second kappa shape index (κ2) is 3.73. The van der Waals surface area contributed by atoms with E-state index in [2.05, 4.69) is 0 Å². The average Bonchev–Trinajstić information content (AvgIpc) is 2.50. The first-order valence-corrected chi connectivity index (χ1v) is 7.30. The van der Waals surface area contributed by atoms with Gasteiger partial charge < -0.3 is 5.11 Å². The van der Waals surface area contributed by atoms with Crippen molar-refractivity contribution in [2.75, 3.05) is 6.61 Å². The fraction of sp³-hybridized carbons (Fsp3) is 0.556. The molecule has 1 aliphatic rings. The van der Waals surface area contributed by atoms with Crippen LogP contribution in [0.5, 0.6) is 0 Å². The lowest BCUT2D eigenvalue weighted by Gasteiger charge is -2.38. The molecule has 0 radical (unpaired) electrons. The molecule has 1 aromatic rings. The van der Waals surface area contributed by atoms with Crippen molar-refractivity contribution in [1.82, 2.24) is 0 Å². The fourth-order valence-electron chi connectivity index (χ4n) is 1.74. The van der Waals surface area contributed by atoms with Crippen LogP contribution in [0.15, 0.2) is 16.3 Å². The summed E-state index contributed by atoms with van der Waals surface area (Å²) in [5.41, 5.74) is 0. The van der Waals surface area contributed by atoms with Crippen LogP contribution in [-0.2, 0) is 9.84 Å². The first-order valence-electron chi connectivity index (χ1n) is 4.63. The summed E-state index contributed by atoms with van der Waals surface area (Å²) < 4.78 is 24.1. The van der Waals surface area contributed by atoms with Crippen molar-refractivity contribution in [3.63, 3.8) is 0 Å². The Hall–Kier alpha value is -0.100. The molecule has 2 rings (SSSR count). The lowest BCUT2D eigenvalue weighted by atomic mass is 9.85. The Morgan fingerprint density at radius 2 is 2.13 bits per heavy atom. The Balaban J connectivity index is 2.43. The van der Waals surface area contributed by atoms with Gasteiger partial charge in [-0.2, -0.15) is 0 Å². The molecule has 1 aromatic heterocycles. The maximum Gasteiger partial charge on any atom is 0.195 e. The number of rotatable bonds is 3. The van der Waals surface area contributed by atoms with Gasteiger partial charge in [-0.3, -0.25) is 0 Å². The standard InChI is InChI=1S/C9H11ClO3S2/c10-7-2-3-8(14-7)15(12,13)9(6-11)4-1-5-9/h2-3,11H,1,4-6H2. The third-order valence-corrected chi connectivity index (χ3v) is 7.21. The van der Waals surface area contributed by atoms with Crippen LogP contribution in [0.1, 0.15) is 19.3 Å². The van der Waals surface area contributed by atoms with Crippen molar-refractivity contribution in [3.8, 4) is 0 Å². The van der Waals surface area contributed by atoms with E-state index in [-0.39, 0.29) is 10.8 Å². The van der Waals surface area contributed by atoms with E-state index in [4.69, 9.17) is 11.6 Å². The normalized spacial score (nSPS) is 19.9. The van der Waals surface area contributed by atoms with Gasteiger partial charge in [-0.25, -0.2) is 8.42 Å². The number of halogens is 1. The van der Waals surface area contributed by atoms with Gasteiger partial charge in [-0.1, -0.05) is 18.0 Å². The van der Waals surface area contributed by atoms with Gasteiger partial charge in [-0.05, 0) is 25.0 Å². The smallest absolute Gasteiger partial charge is 0.195 e. The number of aliphatic hydroxyl groups is 1. The summed E-state index contributed by atoms with van der Waals surface area (Å²) in [5.74, 6) is 0. The zero-order valence-electron chi connectivity index (χ0n) is 7.94. The largest absolute Gasteiger partial charge is 0.395 e. The van der Waals surface area contributed by atoms with E-state index < -0.39 is 14.6 Å². The first-order chi connectivity index (χ1) is 7.02. The van der Waals surface area contributed by atoms with Gasteiger partial charge in [0, 0.05) is 0 Å². The number of sulfone groups is 1. The summed E-state index contributed by atoms with van der Waals surface area (Å²) >= 11 is 6.77. The molecule has 1 saturated carbocycles. The third kappa shape index (κ3) is 1.62. The SMILES string of the molecule is O=S(=O)(c1ccc(Cl)s1)C1(CO)CCC1. The van der Waals surface area contributed by atoms with Gasteiger partial charge >= 0.3 is 0 Å². The van der Waals surface area contributed by atoms with Gasteiger partial charge in [0.25, 0.3) is 0 Å². The van der Waals surface area contributed by atoms with Gasteiger partial charge in [-0.15, -0.1) is 11.3 Å². The Labute approximate surface area is 97.6 Å². The van der Waals surface area contributed by atoms with Gasteiger partial charge in [0.15, 0.2) is 9.84 Å². The van der Waals surface area contributed by atoms with Crippen molar-refractivity contribution < 1.29 is 13.5 Å². The molecule has 0 aromatic carbocycles. The molecule has 0 saturated heterocycles. The van der Waals surface area contributed by atoms with Crippen molar-refractivity contribution in [1.29, 1.82) is 0 Å². The first kappa shape index (κ1) is 11.4. The second-order valence-corrected chi connectivity index (χ2v) is 8.04. The van der Waals surface area contributed by atoms with E-state index in [0.717, 1.165) is 17.8 Å². The predicted molar refractivity (Wildman–Crippen MR) is 60.2 cm³/mol. The van der Waals surface area contributed by atoms with Crippen LogP contribution < -0.4 is 0 Å². The van der Waals surface area contributed by atoms with Gasteiger partial charge in [0.05, 0.1) is 10.9 Å². The number of aliphatic hydroxyl groups excluding tert-OH is 1. The van der Waals surface area contributed by atoms with Gasteiger partial charge in [0.1, 0.15) is 8.96 Å². The molecular weight excluding hydrogens is 256 g/mol. The summed E-state index contributed by atoms with van der Waals surface area (Å²) in [4.78, 5) is 0. The van der Waals surface area contributed by atoms with Crippen LogP contribution in [-0.4, -0.2) is 24.9 Å². The molecule has 0 amide bonds. The van der Waals surface area contributed by atoms with Crippen LogP contribution in [0.25, 0.3) is 0 Å². The minimum absolute atomic E-state index is 0.265. The lowest BCUT2D eigenvalue weighted by Crippen LogP contribution is -2.48. The lowest BCUT2D eigenvalue weighted by molar-refractivity contribution is 0.182. The minimum atomic E-state index is -3.41. The van der Waals surface area contributed by atoms with E-state index in [1.807, 2.05) is 0 Å². The van der Waals surface area contributed by atoms with E-state index in [1.54, 1.807) is 6.07 Å². The number of thiophene rings is 1. The highest BCUT2D eigenvalue weighted by atomic mass is 35.5. The van der Waals surface area contributed by atoms with Crippen molar-refractivity contribution in [2.45, 2.75) is 28.2 Å². The monoisotopic (exact) mass is 266 g/mol. The summed E-state index contributed by atoms with van der Waals surface area (Å²) in [7, 11) is -3.41. The number of hydrogen-bond donors (Lipinski definition) is 1. The quantitative estimate of drug-likeness (QED) is 0.911. The Kier molecular flexibility index (Phi) is 2.83. The predicted octanol–water partition coefficient (Wildman–Crippen LogP) is 2.09. The van der Waals surface area contributed by atoms with Crippen LogP contribution >= 0.6 is 22.9 Å². The Morgan fingerprint density at radius 1 is 1.47 bits per heavy atom. The van der Waals surface area contributed by atoms with E-state index >= 15 is 0 Å². The summed E-state index contributed by atoms with van der Waals surface area (Å²) in [6, 6.07) is 3.08. The van der Waals surface area contributed by atoms with Gasteiger partial charge in [0.2, 0.25) is 0 Å². The molecule has 0 atom stereocenters. The van der Waals surface area contributed by atoms with Crippen molar-refractivity contribution >= 4 is 32.8 Å². The van der Waals surface area contributed by atoms with Crippen LogP contribution in [0.4, 0.5) is 0 Å². The van der Waals surface area contributed by atoms with Crippen molar-refractivity contribution in [3.05, 3.63) is 16.5 Å². The molecule has 6 heteroatoms. The molecule has 1 aliphatic carbocycles. The molecule has 1 fully saturated rings. The van der Waals surface area contributed by atoms with Crippen LogP contribution in [0.3, 0.4) is 0 Å². The average molecular weight is 267 g/mol. The molecule has 1 heterocycles. The van der Waals surface area contributed by atoms with Crippen LogP contribution in [0.2, 0.25) is 4.34 Å². The molecule has 1 N–H and O–H groups in total. The highest BCUT2D eigenvalue weighted by molar-refractivity contribution is 7.95. The van der Waals surface area contributed by atoms with E-state index in [9.17, 15) is 13.5 Å². The van der Waals surface area contributed by atoms with E-state index in [1.165, 1.54) is 6.07 Å². The molecule has 15 heavy (non-hydrogen) atoms. The zero-order valence-corrected chi connectivity index (χ0v) is 10.3. The minimum Gasteiger partial charge on any atom is -0.395 e. The zero-order chi connectivity index (χ0) is 11.1. The highest BCUT2D eigenvalue weighted by Crippen LogP contribution is 2.44. The Morgan fingerprint density at radius 3 is 2.47 bits per heavy atom. The topological polar surface area (TPSA) is 54.4 Å². The number of hydrogen-bond acceptors (Lipinski definition) is 4. The fourth-order valence-corrected chi connectivity index (χ4v) is 5.56. The molecule has 0 spiro atoms. The second-order valence-electron chi connectivity index (χ2n) is 3.76. The maximum atomic E-state index is 12.2. The van der Waals surface area contributed by atoms with E-state index in [0.29, 0.717) is 17.2 Å². The molecule has 0 bridgehead atoms. The summed E-state index contributed by atoms with van der Waals surface area (Å²) in [6.45, 7) is -0.301. The maximum absolute atomic E-state index is 12.2. The van der Waals surface area contributed by atoms with Crippen LogP contribution in [0, 0.1) is 0 Å². The molecule has 84 valence electrons. The highest BCUT2D eigenvalue weighted by Gasteiger charge is 2.49. The summed E-state index contributed by atoms with van der Waals surface area (Å²) in [5, 5.41) is 9.23. The molecule has 3 nitrogen and oxygen atoms in total. The third-order valence-electron chi connectivity index (χ3n) is 2.94. The molecular formula is C9H11ClO3S2.